The SMILES string of the molecule is CCCOc1ccc(NCC(=O)OC(C)C)cc1. The van der Waals surface area contributed by atoms with Crippen molar-refractivity contribution in [1.29, 1.82) is 0 Å². The second-order valence-electron chi connectivity index (χ2n) is 4.27. The Balaban J connectivity index is 2.37. The van der Waals surface area contributed by atoms with E-state index in [4.69, 9.17) is 9.47 Å². The summed E-state index contributed by atoms with van der Waals surface area (Å²) in [5.41, 5.74) is 0.875. The summed E-state index contributed by atoms with van der Waals surface area (Å²) in [5, 5.41) is 3.00. The van der Waals surface area contributed by atoms with Crippen LogP contribution in [-0.4, -0.2) is 25.2 Å². The lowest BCUT2D eigenvalue weighted by Gasteiger charge is -2.10. The average molecular weight is 251 g/mol. The summed E-state index contributed by atoms with van der Waals surface area (Å²) in [7, 11) is 0. The van der Waals surface area contributed by atoms with E-state index in [1.165, 1.54) is 0 Å². The molecule has 0 aliphatic carbocycles. The van der Waals surface area contributed by atoms with Crippen molar-refractivity contribution in [1.82, 2.24) is 0 Å². The molecule has 0 radical (unpaired) electrons. The topological polar surface area (TPSA) is 47.6 Å². The van der Waals surface area contributed by atoms with E-state index in [9.17, 15) is 4.79 Å². The van der Waals surface area contributed by atoms with E-state index in [1.54, 1.807) is 0 Å². The molecule has 100 valence electrons. The number of nitrogens with one attached hydrogen (secondary N) is 1. The number of benzene rings is 1. The third-order valence-electron chi connectivity index (χ3n) is 2.13. The predicted octanol–water partition coefficient (Wildman–Crippen LogP) is 2.84. The smallest absolute Gasteiger partial charge is 0.325 e. The Morgan fingerprint density at radius 2 is 1.94 bits per heavy atom. The molecule has 0 aromatic heterocycles. The van der Waals surface area contributed by atoms with Crippen LogP contribution in [0.3, 0.4) is 0 Å². The fraction of sp³-hybridized carbons (Fsp3) is 0.500. The van der Waals surface area contributed by atoms with E-state index in [0.717, 1.165) is 17.9 Å². The minimum atomic E-state index is -0.253. The first kappa shape index (κ1) is 14.4. The highest BCUT2D eigenvalue weighted by atomic mass is 16.5. The highest BCUT2D eigenvalue weighted by Crippen LogP contribution is 2.15. The zero-order valence-corrected chi connectivity index (χ0v) is 11.2. The maximum absolute atomic E-state index is 11.3. The van der Waals surface area contributed by atoms with Crippen LogP contribution >= 0.6 is 0 Å². The van der Waals surface area contributed by atoms with Crippen molar-refractivity contribution in [3.63, 3.8) is 0 Å². The molecule has 0 unspecified atom stereocenters. The molecule has 1 rings (SSSR count). The first-order chi connectivity index (χ1) is 8.61. The van der Waals surface area contributed by atoms with Gasteiger partial charge in [-0.25, -0.2) is 0 Å². The molecule has 0 saturated carbocycles. The Bertz CT molecular complexity index is 360. The van der Waals surface area contributed by atoms with E-state index in [0.29, 0.717) is 6.61 Å². The molecule has 0 atom stereocenters. The molecule has 0 spiro atoms. The summed E-state index contributed by atoms with van der Waals surface area (Å²) < 4.78 is 10.5. The fourth-order valence-corrected chi connectivity index (χ4v) is 1.37. The Labute approximate surface area is 108 Å². The van der Waals surface area contributed by atoms with Gasteiger partial charge in [-0.15, -0.1) is 0 Å². The standard InChI is InChI=1S/C14H21NO3/c1-4-9-17-13-7-5-12(6-8-13)15-10-14(16)18-11(2)3/h5-8,11,15H,4,9-10H2,1-3H3. The van der Waals surface area contributed by atoms with E-state index >= 15 is 0 Å². The van der Waals surface area contributed by atoms with Gasteiger partial charge < -0.3 is 14.8 Å². The normalized spacial score (nSPS) is 10.2. The molecule has 0 aliphatic heterocycles. The quantitative estimate of drug-likeness (QED) is 0.757. The number of rotatable bonds is 7. The van der Waals surface area contributed by atoms with Crippen molar-refractivity contribution >= 4 is 11.7 Å². The van der Waals surface area contributed by atoms with Gasteiger partial charge in [0.05, 0.1) is 12.7 Å². The van der Waals surface area contributed by atoms with Gasteiger partial charge in [0, 0.05) is 5.69 Å². The highest BCUT2D eigenvalue weighted by molar-refractivity contribution is 5.75. The van der Waals surface area contributed by atoms with E-state index < -0.39 is 0 Å². The Kier molecular flexibility index (Phi) is 6.05. The molecular weight excluding hydrogens is 230 g/mol. The predicted molar refractivity (Wildman–Crippen MR) is 71.9 cm³/mol. The molecule has 0 fully saturated rings. The number of carbonyl (C=O) groups is 1. The molecule has 1 aromatic rings. The number of carbonyl (C=O) groups excluding carboxylic acids is 1. The fourth-order valence-electron chi connectivity index (χ4n) is 1.37. The van der Waals surface area contributed by atoms with E-state index in [1.807, 2.05) is 38.1 Å². The first-order valence-corrected chi connectivity index (χ1v) is 6.28. The highest BCUT2D eigenvalue weighted by Gasteiger charge is 2.04. The Morgan fingerprint density at radius 1 is 1.28 bits per heavy atom. The van der Waals surface area contributed by atoms with Gasteiger partial charge in [-0.05, 0) is 44.5 Å². The zero-order chi connectivity index (χ0) is 13.4. The van der Waals surface area contributed by atoms with E-state index in [-0.39, 0.29) is 18.6 Å². The van der Waals surface area contributed by atoms with Crippen LogP contribution in [0.2, 0.25) is 0 Å². The Hall–Kier alpha value is -1.71. The van der Waals surface area contributed by atoms with Crippen molar-refractivity contribution < 1.29 is 14.3 Å². The van der Waals surface area contributed by atoms with Crippen molar-refractivity contribution in [2.45, 2.75) is 33.3 Å². The van der Waals surface area contributed by atoms with E-state index in [2.05, 4.69) is 12.2 Å². The molecule has 18 heavy (non-hydrogen) atoms. The van der Waals surface area contributed by atoms with Crippen LogP contribution in [-0.2, 0) is 9.53 Å². The number of hydrogen-bond acceptors (Lipinski definition) is 4. The second-order valence-corrected chi connectivity index (χ2v) is 4.27. The molecular formula is C14H21NO3. The van der Waals surface area contributed by atoms with Crippen molar-refractivity contribution in [3.05, 3.63) is 24.3 Å². The minimum Gasteiger partial charge on any atom is -0.494 e. The number of esters is 1. The van der Waals surface area contributed by atoms with Crippen LogP contribution < -0.4 is 10.1 Å². The summed E-state index contributed by atoms with van der Waals surface area (Å²) in [5.74, 6) is 0.587. The van der Waals surface area contributed by atoms with Gasteiger partial charge in [0.25, 0.3) is 0 Å². The summed E-state index contributed by atoms with van der Waals surface area (Å²) >= 11 is 0. The third-order valence-corrected chi connectivity index (χ3v) is 2.13. The van der Waals surface area contributed by atoms with Crippen LogP contribution in [0.15, 0.2) is 24.3 Å². The van der Waals surface area contributed by atoms with Gasteiger partial charge >= 0.3 is 5.97 Å². The van der Waals surface area contributed by atoms with Crippen LogP contribution in [0.5, 0.6) is 5.75 Å². The van der Waals surface area contributed by atoms with Gasteiger partial charge in [0.1, 0.15) is 12.3 Å². The Morgan fingerprint density at radius 3 is 2.50 bits per heavy atom. The maximum Gasteiger partial charge on any atom is 0.325 e. The second kappa shape index (κ2) is 7.58. The van der Waals surface area contributed by atoms with Gasteiger partial charge in [0.15, 0.2) is 0 Å². The minimum absolute atomic E-state index is 0.0795. The molecule has 4 nitrogen and oxygen atoms in total. The average Bonchev–Trinajstić information content (AvgIpc) is 2.34. The van der Waals surface area contributed by atoms with Crippen molar-refractivity contribution in [2.24, 2.45) is 0 Å². The van der Waals surface area contributed by atoms with Gasteiger partial charge in [-0.2, -0.15) is 0 Å². The lowest BCUT2D eigenvalue weighted by Crippen LogP contribution is -2.20. The van der Waals surface area contributed by atoms with Gasteiger partial charge in [-0.1, -0.05) is 6.92 Å². The summed E-state index contributed by atoms with van der Waals surface area (Å²) in [6, 6.07) is 7.53. The lowest BCUT2D eigenvalue weighted by molar-refractivity contribution is -0.145. The monoisotopic (exact) mass is 251 g/mol. The molecule has 0 amide bonds. The van der Waals surface area contributed by atoms with Gasteiger partial charge in [0.2, 0.25) is 0 Å². The van der Waals surface area contributed by atoms with Crippen LogP contribution in [0, 0.1) is 0 Å². The third kappa shape index (κ3) is 5.57. The molecule has 4 heteroatoms. The summed E-state index contributed by atoms with van der Waals surface area (Å²) in [6.07, 6.45) is 0.908. The molecule has 1 N–H and O–H groups in total. The van der Waals surface area contributed by atoms with Crippen molar-refractivity contribution in [3.8, 4) is 5.75 Å². The van der Waals surface area contributed by atoms with Crippen LogP contribution in [0.25, 0.3) is 0 Å². The number of hydrogen-bond donors (Lipinski definition) is 1. The largest absolute Gasteiger partial charge is 0.494 e. The molecule has 0 bridgehead atoms. The first-order valence-electron chi connectivity index (χ1n) is 6.28. The molecule has 1 aromatic carbocycles. The number of anilines is 1. The van der Waals surface area contributed by atoms with Crippen molar-refractivity contribution in [2.75, 3.05) is 18.5 Å². The zero-order valence-electron chi connectivity index (χ0n) is 11.2. The summed E-state index contributed by atoms with van der Waals surface area (Å²) in [4.78, 5) is 11.3. The number of ether oxygens (including phenoxy) is 2. The van der Waals surface area contributed by atoms with Gasteiger partial charge in [-0.3, -0.25) is 4.79 Å². The lowest BCUT2D eigenvalue weighted by atomic mass is 10.3. The maximum atomic E-state index is 11.3. The van der Waals surface area contributed by atoms with Crippen LogP contribution in [0.1, 0.15) is 27.2 Å². The summed E-state index contributed by atoms with van der Waals surface area (Å²) in [6.45, 7) is 6.62. The molecule has 0 aliphatic rings. The molecule has 0 heterocycles. The molecule has 0 saturated heterocycles. The van der Waals surface area contributed by atoms with Crippen LogP contribution in [0.4, 0.5) is 5.69 Å².